The van der Waals surface area contributed by atoms with Crippen LogP contribution in [0, 0.1) is 5.92 Å². The predicted octanol–water partition coefficient (Wildman–Crippen LogP) is 2.42. The monoisotopic (exact) mass is 413 g/mol. The number of nitrogens with zero attached hydrogens (tertiary/aromatic N) is 1. The molecule has 8 nitrogen and oxygen atoms in total. The van der Waals surface area contributed by atoms with Crippen molar-refractivity contribution in [2.75, 3.05) is 31.6 Å². The number of amides is 2. The highest BCUT2D eigenvalue weighted by molar-refractivity contribution is 5.94. The number of benzene rings is 1. The van der Waals surface area contributed by atoms with E-state index in [0.717, 1.165) is 5.69 Å². The molecule has 0 bridgehead atoms. The van der Waals surface area contributed by atoms with E-state index < -0.39 is 0 Å². The van der Waals surface area contributed by atoms with E-state index in [1.165, 1.54) is 0 Å². The van der Waals surface area contributed by atoms with Gasteiger partial charge >= 0.3 is 5.97 Å². The highest BCUT2D eigenvalue weighted by Gasteiger charge is 2.27. The van der Waals surface area contributed by atoms with Crippen LogP contribution in [0.2, 0.25) is 0 Å². The fraction of sp³-hybridized carbons (Fsp3) is 0.409. The number of ether oxygens (including phenoxy) is 1. The molecule has 1 aliphatic heterocycles. The van der Waals surface area contributed by atoms with Crippen LogP contribution in [0.5, 0.6) is 0 Å². The number of rotatable bonds is 8. The van der Waals surface area contributed by atoms with Gasteiger partial charge in [-0.1, -0.05) is 0 Å². The number of carbonyl (C=O) groups is 3. The smallest absolute Gasteiger partial charge is 0.309 e. The quantitative estimate of drug-likeness (QED) is 0.645. The van der Waals surface area contributed by atoms with Crippen LogP contribution in [0.4, 0.5) is 5.69 Å². The van der Waals surface area contributed by atoms with E-state index in [-0.39, 0.29) is 30.2 Å². The molecule has 160 valence electrons. The Kier molecular flexibility index (Phi) is 7.48. The van der Waals surface area contributed by atoms with Crippen LogP contribution >= 0.6 is 0 Å². The first-order valence-electron chi connectivity index (χ1n) is 10.2. The lowest BCUT2D eigenvalue weighted by Crippen LogP contribution is -2.43. The Balaban J connectivity index is 1.41. The molecule has 0 unspecified atom stereocenters. The van der Waals surface area contributed by atoms with E-state index in [1.807, 2.05) is 0 Å². The number of likely N-dealkylation sites (tertiary alicyclic amines) is 1. The third kappa shape index (κ3) is 5.85. The van der Waals surface area contributed by atoms with Crippen molar-refractivity contribution in [1.29, 1.82) is 0 Å². The number of esters is 1. The highest BCUT2D eigenvalue weighted by atomic mass is 16.5. The number of furan rings is 1. The number of nitrogens with one attached hydrogen (secondary N) is 2. The number of hydrogen-bond acceptors (Lipinski definition) is 6. The van der Waals surface area contributed by atoms with Crippen molar-refractivity contribution in [3.8, 4) is 0 Å². The largest absolute Gasteiger partial charge is 0.467 e. The lowest BCUT2D eigenvalue weighted by molar-refractivity contribution is -0.151. The average molecular weight is 413 g/mol. The van der Waals surface area contributed by atoms with Gasteiger partial charge in [-0.3, -0.25) is 14.4 Å². The molecule has 30 heavy (non-hydrogen) atoms. The second-order valence-corrected chi connectivity index (χ2v) is 7.10. The Morgan fingerprint density at radius 3 is 2.50 bits per heavy atom. The van der Waals surface area contributed by atoms with E-state index in [2.05, 4.69) is 10.6 Å². The molecular weight excluding hydrogens is 386 g/mol. The van der Waals surface area contributed by atoms with Gasteiger partial charge in [0.1, 0.15) is 5.76 Å². The fourth-order valence-corrected chi connectivity index (χ4v) is 3.34. The zero-order valence-corrected chi connectivity index (χ0v) is 17.1. The summed E-state index contributed by atoms with van der Waals surface area (Å²) < 4.78 is 10.2. The van der Waals surface area contributed by atoms with Gasteiger partial charge in [-0.25, -0.2) is 0 Å². The van der Waals surface area contributed by atoms with Crippen molar-refractivity contribution >= 4 is 23.5 Å². The second kappa shape index (κ2) is 10.5. The van der Waals surface area contributed by atoms with E-state index in [4.69, 9.17) is 9.15 Å². The van der Waals surface area contributed by atoms with Crippen LogP contribution in [-0.2, 0) is 20.9 Å². The molecule has 1 aromatic carbocycles. The minimum atomic E-state index is -0.196. The van der Waals surface area contributed by atoms with Crippen LogP contribution in [0.1, 0.15) is 35.9 Å². The molecule has 2 N–H and O–H groups in total. The van der Waals surface area contributed by atoms with Crippen molar-refractivity contribution in [2.24, 2.45) is 5.92 Å². The van der Waals surface area contributed by atoms with Crippen LogP contribution in [-0.4, -0.2) is 48.9 Å². The van der Waals surface area contributed by atoms with Gasteiger partial charge < -0.3 is 24.7 Å². The van der Waals surface area contributed by atoms with E-state index in [0.29, 0.717) is 50.4 Å². The van der Waals surface area contributed by atoms with Gasteiger partial charge in [0, 0.05) is 24.3 Å². The number of piperidine rings is 1. The van der Waals surface area contributed by atoms with Gasteiger partial charge in [-0.15, -0.1) is 0 Å². The van der Waals surface area contributed by atoms with Gasteiger partial charge in [-0.05, 0) is 56.2 Å². The molecule has 1 aromatic heterocycles. The molecule has 1 aliphatic rings. The average Bonchev–Trinajstić information content (AvgIpc) is 3.30. The lowest BCUT2D eigenvalue weighted by atomic mass is 9.97. The van der Waals surface area contributed by atoms with Crippen molar-refractivity contribution in [3.05, 3.63) is 54.0 Å². The lowest BCUT2D eigenvalue weighted by Gasteiger charge is -2.31. The van der Waals surface area contributed by atoms with Crippen LogP contribution in [0.25, 0.3) is 0 Å². The summed E-state index contributed by atoms with van der Waals surface area (Å²) in [4.78, 5) is 38.1. The first-order chi connectivity index (χ1) is 14.6. The summed E-state index contributed by atoms with van der Waals surface area (Å²) in [6.07, 6.45) is 2.82. The Morgan fingerprint density at radius 2 is 1.87 bits per heavy atom. The molecule has 0 aliphatic carbocycles. The van der Waals surface area contributed by atoms with E-state index in [1.54, 1.807) is 54.5 Å². The molecule has 1 saturated heterocycles. The predicted molar refractivity (Wildman–Crippen MR) is 111 cm³/mol. The fourth-order valence-electron chi connectivity index (χ4n) is 3.34. The molecule has 3 rings (SSSR count). The molecule has 0 spiro atoms. The van der Waals surface area contributed by atoms with E-state index >= 15 is 0 Å². The van der Waals surface area contributed by atoms with Crippen molar-refractivity contribution in [3.63, 3.8) is 0 Å². The summed E-state index contributed by atoms with van der Waals surface area (Å²) in [6, 6.07) is 10.5. The van der Waals surface area contributed by atoms with Crippen molar-refractivity contribution < 1.29 is 23.5 Å². The molecule has 8 heteroatoms. The number of anilines is 1. The highest BCUT2D eigenvalue weighted by Crippen LogP contribution is 2.19. The number of hydrogen-bond donors (Lipinski definition) is 2. The number of carbonyl (C=O) groups excluding carboxylic acids is 3. The molecule has 1 fully saturated rings. The van der Waals surface area contributed by atoms with Gasteiger partial charge in [0.25, 0.3) is 5.91 Å². The van der Waals surface area contributed by atoms with E-state index in [9.17, 15) is 14.4 Å². The molecule has 0 atom stereocenters. The minimum Gasteiger partial charge on any atom is -0.467 e. The van der Waals surface area contributed by atoms with Gasteiger partial charge in [0.2, 0.25) is 5.91 Å². The first-order valence-corrected chi connectivity index (χ1v) is 10.2. The SMILES string of the molecule is CCOC(=O)C1CCN(C(=O)CNc2ccc(C(=O)NCc3ccco3)cc2)CC1. The molecule has 0 saturated carbocycles. The first kappa shape index (κ1) is 21.4. The zero-order valence-electron chi connectivity index (χ0n) is 17.1. The van der Waals surface area contributed by atoms with Crippen LogP contribution < -0.4 is 10.6 Å². The Hall–Kier alpha value is -3.29. The Bertz CT molecular complexity index is 840. The molecule has 0 radical (unpaired) electrons. The summed E-state index contributed by atoms with van der Waals surface area (Å²) in [5.41, 5.74) is 1.28. The molecule has 2 amide bonds. The Morgan fingerprint density at radius 1 is 1.13 bits per heavy atom. The normalized spacial score (nSPS) is 14.2. The maximum atomic E-state index is 12.4. The summed E-state index contributed by atoms with van der Waals surface area (Å²) in [7, 11) is 0. The van der Waals surface area contributed by atoms with Crippen molar-refractivity contribution in [2.45, 2.75) is 26.3 Å². The summed E-state index contributed by atoms with van der Waals surface area (Å²) >= 11 is 0. The summed E-state index contributed by atoms with van der Waals surface area (Å²) in [5, 5.41) is 5.87. The summed E-state index contributed by atoms with van der Waals surface area (Å²) in [6.45, 7) is 3.77. The standard InChI is InChI=1S/C22H27N3O5/c1-2-29-22(28)17-9-11-25(12-10-17)20(26)15-23-18-7-5-16(6-8-18)21(27)24-14-19-4-3-13-30-19/h3-8,13,17,23H,2,9-12,14-15H2,1H3,(H,24,27). The van der Waals surface area contributed by atoms with Gasteiger partial charge in [0.05, 0.1) is 31.9 Å². The third-order valence-corrected chi connectivity index (χ3v) is 5.06. The molecule has 2 aromatic rings. The van der Waals surface area contributed by atoms with Crippen LogP contribution in [0.15, 0.2) is 47.1 Å². The second-order valence-electron chi connectivity index (χ2n) is 7.10. The Labute approximate surface area is 175 Å². The topological polar surface area (TPSA) is 101 Å². The maximum Gasteiger partial charge on any atom is 0.309 e. The van der Waals surface area contributed by atoms with Crippen molar-refractivity contribution in [1.82, 2.24) is 10.2 Å². The molecule has 2 heterocycles. The van der Waals surface area contributed by atoms with Crippen LogP contribution in [0.3, 0.4) is 0 Å². The minimum absolute atomic E-state index is 0.0161. The van der Waals surface area contributed by atoms with Gasteiger partial charge in [-0.2, -0.15) is 0 Å². The van der Waals surface area contributed by atoms with Gasteiger partial charge in [0.15, 0.2) is 0 Å². The maximum absolute atomic E-state index is 12.4. The summed E-state index contributed by atoms with van der Waals surface area (Å²) in [5.74, 6) is 0.187. The zero-order chi connectivity index (χ0) is 21.3. The third-order valence-electron chi connectivity index (χ3n) is 5.06. The molecular formula is C22H27N3O5.